The van der Waals surface area contributed by atoms with E-state index in [4.69, 9.17) is 5.73 Å². The summed E-state index contributed by atoms with van der Waals surface area (Å²) in [4.78, 5) is 0. The maximum atomic E-state index is 5.91. The Hall–Kier alpha value is -1.38. The Morgan fingerprint density at radius 2 is 2.07 bits per heavy atom. The number of nitrogens with two attached hydrogens (primary N) is 1. The molecule has 2 heteroatoms. The lowest BCUT2D eigenvalue weighted by Crippen LogP contribution is -2.35. The van der Waals surface area contributed by atoms with Crippen LogP contribution in [0.5, 0.6) is 0 Å². The van der Waals surface area contributed by atoms with Crippen molar-refractivity contribution < 1.29 is 0 Å². The van der Waals surface area contributed by atoms with Gasteiger partial charge in [0, 0.05) is 0 Å². The molecule has 0 radical (unpaired) electrons. The number of allylic oxidation sites excluding steroid dienone is 2. The first-order valence-corrected chi connectivity index (χ1v) is 4.60. The molecule has 14 heavy (non-hydrogen) atoms. The van der Waals surface area contributed by atoms with Crippen molar-refractivity contribution in [3.05, 3.63) is 54.6 Å². The van der Waals surface area contributed by atoms with Gasteiger partial charge in [0.25, 0.3) is 0 Å². The molecule has 0 fully saturated rings. The van der Waals surface area contributed by atoms with Crippen LogP contribution in [0.25, 0.3) is 5.57 Å². The first-order valence-electron chi connectivity index (χ1n) is 4.60. The Kier molecular flexibility index (Phi) is 4.11. The summed E-state index contributed by atoms with van der Waals surface area (Å²) in [7, 11) is 1.84. The fourth-order valence-corrected chi connectivity index (χ4v) is 1.29. The van der Waals surface area contributed by atoms with Crippen LogP contribution in [0.15, 0.2) is 49.1 Å². The Balaban J connectivity index is 3.01. The monoisotopic (exact) mass is 188 g/mol. The molecule has 74 valence electrons. The van der Waals surface area contributed by atoms with Crippen LogP contribution in [-0.4, -0.2) is 13.2 Å². The molecule has 0 saturated carbocycles. The number of hydrogen-bond donors (Lipinski definition) is 2. The average Bonchev–Trinajstić information content (AvgIpc) is 2.26. The third-order valence-corrected chi connectivity index (χ3v) is 2.05. The molecule has 0 bridgehead atoms. The van der Waals surface area contributed by atoms with Crippen LogP contribution in [-0.2, 0) is 0 Å². The molecule has 0 heterocycles. The lowest BCUT2D eigenvalue weighted by atomic mass is 10.0. The smallest absolute Gasteiger partial charge is 0.0813 e. The van der Waals surface area contributed by atoms with Crippen LogP contribution in [0.3, 0.4) is 0 Å². The number of rotatable bonds is 4. The summed E-state index contributed by atoms with van der Waals surface area (Å²) in [5.74, 6) is 0. The molecular formula is C12H16N2. The van der Waals surface area contributed by atoms with E-state index in [2.05, 4.69) is 11.9 Å². The molecule has 1 aromatic rings. The maximum absolute atomic E-state index is 5.91. The van der Waals surface area contributed by atoms with E-state index in [1.807, 2.05) is 43.5 Å². The molecule has 0 spiro atoms. The Morgan fingerprint density at radius 1 is 1.43 bits per heavy atom. The summed E-state index contributed by atoms with van der Waals surface area (Å²) in [5, 5.41) is 3.01. The molecule has 0 aliphatic heterocycles. The normalized spacial score (nSPS) is 13.7. The van der Waals surface area contributed by atoms with Gasteiger partial charge in [-0.05, 0) is 18.2 Å². The van der Waals surface area contributed by atoms with Gasteiger partial charge in [0.15, 0.2) is 0 Å². The number of nitrogens with one attached hydrogen (secondary N) is 1. The highest BCUT2D eigenvalue weighted by Crippen LogP contribution is 2.15. The second-order valence-electron chi connectivity index (χ2n) is 2.99. The first-order chi connectivity index (χ1) is 6.79. The van der Waals surface area contributed by atoms with Gasteiger partial charge in [-0.2, -0.15) is 0 Å². The van der Waals surface area contributed by atoms with Crippen LogP contribution in [0.1, 0.15) is 5.56 Å². The quantitative estimate of drug-likeness (QED) is 0.558. The van der Waals surface area contributed by atoms with Crippen molar-refractivity contribution >= 4 is 5.57 Å². The van der Waals surface area contributed by atoms with Crippen molar-refractivity contribution in [2.75, 3.05) is 7.05 Å². The van der Waals surface area contributed by atoms with Crippen LogP contribution in [0.2, 0.25) is 0 Å². The molecule has 1 rings (SSSR count). The molecule has 0 aliphatic rings. The summed E-state index contributed by atoms with van der Waals surface area (Å²) < 4.78 is 0. The molecule has 1 aromatic carbocycles. The molecule has 2 nitrogen and oxygen atoms in total. The van der Waals surface area contributed by atoms with Gasteiger partial charge in [-0.15, -0.1) is 0 Å². The molecule has 1 unspecified atom stereocenters. The molecule has 0 aliphatic carbocycles. The molecule has 0 saturated heterocycles. The van der Waals surface area contributed by atoms with E-state index in [1.54, 1.807) is 6.08 Å². The van der Waals surface area contributed by atoms with Gasteiger partial charge in [-0.1, -0.05) is 49.1 Å². The summed E-state index contributed by atoms with van der Waals surface area (Å²) >= 11 is 0. The third-order valence-electron chi connectivity index (χ3n) is 2.05. The molecule has 3 N–H and O–H groups in total. The fraction of sp³-hybridized carbons (Fsp3) is 0.167. The van der Waals surface area contributed by atoms with Gasteiger partial charge < -0.3 is 11.1 Å². The number of hydrogen-bond acceptors (Lipinski definition) is 2. The molecular weight excluding hydrogens is 172 g/mol. The van der Waals surface area contributed by atoms with E-state index in [0.29, 0.717) is 0 Å². The minimum Gasteiger partial charge on any atom is -0.312 e. The Morgan fingerprint density at radius 3 is 2.57 bits per heavy atom. The predicted octanol–water partition coefficient (Wildman–Crippen LogP) is 1.76. The third kappa shape index (κ3) is 2.55. The SMILES string of the molecule is C=C/C=C(/c1ccccc1)C(N)NC. The lowest BCUT2D eigenvalue weighted by Gasteiger charge is -2.14. The van der Waals surface area contributed by atoms with E-state index in [1.165, 1.54) is 0 Å². The average molecular weight is 188 g/mol. The van der Waals surface area contributed by atoms with Crippen molar-refractivity contribution in [1.82, 2.24) is 5.32 Å². The van der Waals surface area contributed by atoms with Gasteiger partial charge in [-0.25, -0.2) is 0 Å². The number of likely N-dealkylation sites (N-methyl/N-ethyl adjacent to an activating group) is 1. The highest BCUT2D eigenvalue weighted by Gasteiger charge is 2.07. The van der Waals surface area contributed by atoms with E-state index in [9.17, 15) is 0 Å². The Labute approximate surface area is 85.1 Å². The van der Waals surface area contributed by atoms with Crippen LogP contribution in [0, 0.1) is 0 Å². The topological polar surface area (TPSA) is 38.0 Å². The van der Waals surface area contributed by atoms with Gasteiger partial charge in [-0.3, -0.25) is 0 Å². The first kappa shape index (κ1) is 10.7. The zero-order valence-electron chi connectivity index (χ0n) is 8.40. The maximum Gasteiger partial charge on any atom is 0.0813 e. The van der Waals surface area contributed by atoms with Gasteiger partial charge in [0.2, 0.25) is 0 Å². The second kappa shape index (κ2) is 5.37. The number of benzene rings is 1. The minimum atomic E-state index is -0.157. The van der Waals surface area contributed by atoms with Crippen molar-refractivity contribution in [2.24, 2.45) is 5.73 Å². The minimum absolute atomic E-state index is 0.157. The zero-order valence-corrected chi connectivity index (χ0v) is 8.40. The summed E-state index contributed by atoms with van der Waals surface area (Å²) in [6, 6.07) is 10.0. The lowest BCUT2D eigenvalue weighted by molar-refractivity contribution is 0.714. The highest BCUT2D eigenvalue weighted by molar-refractivity contribution is 5.70. The Bertz CT molecular complexity index is 314. The summed E-state index contributed by atoms with van der Waals surface area (Å²) in [5.41, 5.74) is 8.07. The second-order valence-corrected chi connectivity index (χ2v) is 2.99. The van der Waals surface area contributed by atoms with E-state index < -0.39 is 0 Å². The van der Waals surface area contributed by atoms with Gasteiger partial charge in [0.05, 0.1) is 6.17 Å². The fourth-order valence-electron chi connectivity index (χ4n) is 1.29. The van der Waals surface area contributed by atoms with Gasteiger partial charge >= 0.3 is 0 Å². The van der Waals surface area contributed by atoms with Crippen molar-refractivity contribution in [3.8, 4) is 0 Å². The largest absolute Gasteiger partial charge is 0.312 e. The summed E-state index contributed by atoms with van der Waals surface area (Å²) in [6.45, 7) is 3.68. The summed E-state index contributed by atoms with van der Waals surface area (Å²) in [6.07, 6.45) is 3.52. The van der Waals surface area contributed by atoms with E-state index in [0.717, 1.165) is 11.1 Å². The van der Waals surface area contributed by atoms with Crippen molar-refractivity contribution in [1.29, 1.82) is 0 Å². The van der Waals surface area contributed by atoms with E-state index >= 15 is 0 Å². The zero-order chi connectivity index (χ0) is 10.4. The highest BCUT2D eigenvalue weighted by atomic mass is 15.0. The van der Waals surface area contributed by atoms with Crippen molar-refractivity contribution in [2.45, 2.75) is 6.17 Å². The van der Waals surface area contributed by atoms with Crippen LogP contribution >= 0.6 is 0 Å². The van der Waals surface area contributed by atoms with E-state index in [-0.39, 0.29) is 6.17 Å². The van der Waals surface area contributed by atoms with Crippen molar-refractivity contribution in [3.63, 3.8) is 0 Å². The van der Waals surface area contributed by atoms with Gasteiger partial charge in [0.1, 0.15) is 0 Å². The molecule has 0 amide bonds. The molecule has 1 atom stereocenters. The van der Waals surface area contributed by atoms with Crippen LogP contribution < -0.4 is 11.1 Å². The van der Waals surface area contributed by atoms with Crippen LogP contribution in [0.4, 0.5) is 0 Å². The predicted molar refractivity (Wildman–Crippen MR) is 61.7 cm³/mol. The standard InChI is InChI=1S/C12H16N2/c1-3-7-11(12(13)14-2)10-8-5-4-6-9-10/h3-9,12,14H,1,13H2,2H3/b11-7-. The molecule has 0 aromatic heterocycles.